The van der Waals surface area contributed by atoms with Crippen LogP contribution < -0.4 is 0 Å². The van der Waals surface area contributed by atoms with Crippen LogP contribution in [-0.4, -0.2) is 24.5 Å². The van der Waals surface area contributed by atoms with Crippen molar-refractivity contribution >= 4 is 0 Å². The van der Waals surface area contributed by atoms with Gasteiger partial charge in [-0.05, 0) is 30.2 Å². The van der Waals surface area contributed by atoms with Gasteiger partial charge < -0.3 is 4.90 Å². The molecule has 2 nitrogen and oxygen atoms in total. The Morgan fingerprint density at radius 3 is 2.44 bits per heavy atom. The van der Waals surface area contributed by atoms with Crippen molar-refractivity contribution in [1.82, 2.24) is 4.90 Å². The number of nitrogens with zero attached hydrogens (tertiary/aromatic N) is 2. The van der Waals surface area contributed by atoms with Gasteiger partial charge in [0.2, 0.25) is 0 Å². The SMILES string of the molecule is N#C[C@@H](CN1CC2CCCC2C1)c1ccccc1. The first-order valence-electron chi connectivity index (χ1n) is 7.03. The minimum atomic E-state index is 0.0324. The van der Waals surface area contributed by atoms with Crippen LogP contribution in [0.1, 0.15) is 30.7 Å². The normalized spacial score (nSPS) is 28.8. The molecule has 2 heteroatoms. The summed E-state index contributed by atoms with van der Waals surface area (Å²) < 4.78 is 0. The molecule has 0 aromatic heterocycles. The number of nitriles is 1. The molecule has 1 saturated carbocycles. The monoisotopic (exact) mass is 240 g/mol. The van der Waals surface area contributed by atoms with E-state index in [0.717, 1.165) is 23.9 Å². The molecule has 0 bridgehead atoms. The van der Waals surface area contributed by atoms with Crippen molar-refractivity contribution in [1.29, 1.82) is 5.26 Å². The Labute approximate surface area is 109 Å². The molecule has 0 amide bonds. The van der Waals surface area contributed by atoms with E-state index in [4.69, 9.17) is 0 Å². The summed E-state index contributed by atoms with van der Waals surface area (Å²) in [5, 5.41) is 9.37. The molecule has 1 aromatic carbocycles. The van der Waals surface area contributed by atoms with Crippen LogP contribution in [0.2, 0.25) is 0 Å². The molecule has 2 unspecified atom stereocenters. The van der Waals surface area contributed by atoms with Gasteiger partial charge in [0.25, 0.3) is 0 Å². The summed E-state index contributed by atoms with van der Waals surface area (Å²) in [6.45, 7) is 3.35. The molecule has 3 rings (SSSR count). The van der Waals surface area contributed by atoms with Crippen LogP contribution in [0.3, 0.4) is 0 Å². The van der Waals surface area contributed by atoms with Gasteiger partial charge in [0.05, 0.1) is 12.0 Å². The van der Waals surface area contributed by atoms with E-state index in [9.17, 15) is 5.26 Å². The van der Waals surface area contributed by atoms with Gasteiger partial charge in [0.1, 0.15) is 0 Å². The molecular weight excluding hydrogens is 220 g/mol. The molecule has 18 heavy (non-hydrogen) atoms. The molecule has 1 saturated heterocycles. The highest BCUT2D eigenvalue weighted by Gasteiger charge is 2.36. The maximum atomic E-state index is 9.37. The quantitative estimate of drug-likeness (QED) is 0.812. The van der Waals surface area contributed by atoms with Gasteiger partial charge in [0.15, 0.2) is 0 Å². The Bertz CT molecular complexity index is 422. The fourth-order valence-corrected chi connectivity index (χ4v) is 3.65. The van der Waals surface area contributed by atoms with E-state index < -0.39 is 0 Å². The molecule has 3 atom stereocenters. The van der Waals surface area contributed by atoms with Crippen molar-refractivity contribution in [3.05, 3.63) is 35.9 Å². The molecule has 2 fully saturated rings. The van der Waals surface area contributed by atoms with Crippen LogP contribution in [0, 0.1) is 23.2 Å². The van der Waals surface area contributed by atoms with Crippen molar-refractivity contribution in [2.45, 2.75) is 25.2 Å². The largest absolute Gasteiger partial charge is 0.301 e. The Morgan fingerprint density at radius 1 is 1.17 bits per heavy atom. The zero-order valence-corrected chi connectivity index (χ0v) is 10.8. The molecule has 1 aliphatic carbocycles. The lowest BCUT2D eigenvalue weighted by Crippen LogP contribution is -2.26. The maximum Gasteiger partial charge on any atom is 0.0839 e. The molecule has 0 N–H and O–H groups in total. The van der Waals surface area contributed by atoms with Crippen LogP contribution in [0.15, 0.2) is 30.3 Å². The summed E-state index contributed by atoms with van der Waals surface area (Å²) in [5.41, 5.74) is 1.16. The molecule has 0 radical (unpaired) electrons. The van der Waals surface area contributed by atoms with Crippen LogP contribution in [0.25, 0.3) is 0 Å². The van der Waals surface area contributed by atoms with Gasteiger partial charge in [-0.15, -0.1) is 0 Å². The fraction of sp³-hybridized carbons (Fsp3) is 0.562. The third-order valence-corrected chi connectivity index (χ3v) is 4.60. The third kappa shape index (κ3) is 2.28. The summed E-state index contributed by atoms with van der Waals surface area (Å²) in [6.07, 6.45) is 4.23. The van der Waals surface area contributed by atoms with Crippen molar-refractivity contribution in [3.8, 4) is 6.07 Å². The third-order valence-electron chi connectivity index (χ3n) is 4.60. The van der Waals surface area contributed by atoms with Crippen molar-refractivity contribution in [2.24, 2.45) is 11.8 Å². The van der Waals surface area contributed by atoms with Gasteiger partial charge in [-0.2, -0.15) is 5.26 Å². The number of hydrogen-bond acceptors (Lipinski definition) is 2. The first-order valence-corrected chi connectivity index (χ1v) is 7.03. The van der Waals surface area contributed by atoms with Gasteiger partial charge >= 0.3 is 0 Å². The molecule has 94 valence electrons. The number of hydrogen-bond donors (Lipinski definition) is 0. The van der Waals surface area contributed by atoms with Gasteiger partial charge in [0, 0.05) is 19.6 Å². The standard InChI is InChI=1S/C16H20N2/c17-9-16(13-5-2-1-3-6-13)12-18-10-14-7-4-8-15(14)11-18/h1-3,5-6,14-16H,4,7-8,10-12H2/t14?,15?,16-/m0/s1. The van der Waals surface area contributed by atoms with Crippen LogP contribution >= 0.6 is 0 Å². The summed E-state index contributed by atoms with van der Waals surface area (Å²) >= 11 is 0. The molecule has 1 aromatic rings. The molecule has 2 aliphatic rings. The van der Waals surface area contributed by atoms with Crippen LogP contribution in [0.5, 0.6) is 0 Å². The Hall–Kier alpha value is -1.33. The van der Waals surface area contributed by atoms with Crippen molar-refractivity contribution in [3.63, 3.8) is 0 Å². The molecular formula is C16H20N2. The minimum Gasteiger partial charge on any atom is -0.301 e. The fourth-order valence-electron chi connectivity index (χ4n) is 3.65. The first kappa shape index (κ1) is 11.7. The van der Waals surface area contributed by atoms with Gasteiger partial charge in [-0.1, -0.05) is 36.8 Å². The topological polar surface area (TPSA) is 27.0 Å². The van der Waals surface area contributed by atoms with Gasteiger partial charge in [-0.25, -0.2) is 0 Å². The zero-order chi connectivity index (χ0) is 12.4. The summed E-state index contributed by atoms with van der Waals surface area (Å²) in [5.74, 6) is 1.87. The second-order valence-corrected chi connectivity index (χ2v) is 5.76. The average molecular weight is 240 g/mol. The van der Waals surface area contributed by atoms with E-state index in [1.165, 1.54) is 32.4 Å². The van der Waals surface area contributed by atoms with E-state index in [0.29, 0.717) is 0 Å². The van der Waals surface area contributed by atoms with E-state index in [2.05, 4.69) is 23.1 Å². The summed E-state index contributed by atoms with van der Waals surface area (Å²) in [7, 11) is 0. The lowest BCUT2D eigenvalue weighted by atomic mass is 10.0. The number of rotatable bonds is 3. The predicted octanol–water partition coefficient (Wildman–Crippen LogP) is 3.03. The van der Waals surface area contributed by atoms with Crippen molar-refractivity contribution < 1.29 is 0 Å². The Balaban J connectivity index is 1.64. The smallest absolute Gasteiger partial charge is 0.0839 e. The minimum absolute atomic E-state index is 0.0324. The highest BCUT2D eigenvalue weighted by atomic mass is 15.2. The van der Waals surface area contributed by atoms with E-state index in [1.54, 1.807) is 0 Å². The number of likely N-dealkylation sites (tertiary alicyclic amines) is 1. The number of benzene rings is 1. The number of fused-ring (bicyclic) bond motifs is 1. The Kier molecular flexibility index (Phi) is 3.34. The van der Waals surface area contributed by atoms with Crippen LogP contribution in [-0.2, 0) is 0 Å². The molecule has 0 spiro atoms. The van der Waals surface area contributed by atoms with E-state index in [-0.39, 0.29) is 5.92 Å². The predicted molar refractivity (Wildman–Crippen MR) is 72.1 cm³/mol. The van der Waals surface area contributed by atoms with E-state index in [1.807, 2.05) is 18.2 Å². The highest BCUT2D eigenvalue weighted by molar-refractivity contribution is 5.25. The Morgan fingerprint density at radius 2 is 1.83 bits per heavy atom. The van der Waals surface area contributed by atoms with E-state index >= 15 is 0 Å². The highest BCUT2D eigenvalue weighted by Crippen LogP contribution is 2.38. The summed E-state index contributed by atoms with van der Waals surface area (Å²) in [4.78, 5) is 2.51. The zero-order valence-electron chi connectivity index (χ0n) is 10.8. The molecule has 1 heterocycles. The molecule has 1 aliphatic heterocycles. The summed E-state index contributed by atoms with van der Waals surface area (Å²) in [6, 6.07) is 12.7. The van der Waals surface area contributed by atoms with Gasteiger partial charge in [-0.3, -0.25) is 0 Å². The average Bonchev–Trinajstić information content (AvgIpc) is 2.97. The maximum absolute atomic E-state index is 9.37. The second-order valence-electron chi connectivity index (χ2n) is 5.76. The second kappa shape index (κ2) is 5.12. The first-order chi connectivity index (χ1) is 8.86. The van der Waals surface area contributed by atoms with Crippen molar-refractivity contribution in [2.75, 3.05) is 19.6 Å². The lowest BCUT2D eigenvalue weighted by molar-refractivity contribution is 0.305. The van der Waals surface area contributed by atoms with Crippen LogP contribution in [0.4, 0.5) is 0 Å². The lowest BCUT2D eigenvalue weighted by Gasteiger charge is -2.20.